The van der Waals surface area contributed by atoms with Crippen LogP contribution in [0.2, 0.25) is 0 Å². The van der Waals surface area contributed by atoms with Crippen LogP contribution >= 0.6 is 0 Å². The molecule has 326 valence electrons. The molecule has 0 aromatic carbocycles. The number of ether oxygens (including phenoxy) is 2. The summed E-state index contributed by atoms with van der Waals surface area (Å²) in [5.41, 5.74) is 0. The molecule has 0 spiro atoms. The Labute approximate surface area is 337 Å². The third kappa shape index (κ3) is 28.1. The molecule has 0 aromatic heterocycles. The predicted molar refractivity (Wildman–Crippen MR) is 226 cm³/mol. The zero-order valence-corrected chi connectivity index (χ0v) is 35.7. The number of carbonyl (C=O) groups excluding carboxylic acids is 1. The molecular weight excluding hydrogens is 695 g/mol. The van der Waals surface area contributed by atoms with Crippen molar-refractivity contribution in [3.63, 3.8) is 0 Å². The van der Waals surface area contributed by atoms with E-state index in [0.717, 1.165) is 38.5 Å². The summed E-state index contributed by atoms with van der Waals surface area (Å²) in [7, 11) is 0. The minimum absolute atomic E-state index is 0.175. The van der Waals surface area contributed by atoms with Crippen LogP contribution in [0.15, 0.2) is 12.2 Å². The van der Waals surface area contributed by atoms with E-state index in [-0.39, 0.29) is 12.5 Å². The van der Waals surface area contributed by atoms with Gasteiger partial charge in [-0.15, -0.1) is 0 Å². The zero-order valence-electron chi connectivity index (χ0n) is 35.7. The largest absolute Gasteiger partial charge is 0.394 e. The second-order valence-corrected chi connectivity index (χ2v) is 16.6. The van der Waals surface area contributed by atoms with E-state index >= 15 is 0 Å². The van der Waals surface area contributed by atoms with Crippen molar-refractivity contribution < 1.29 is 39.8 Å². The van der Waals surface area contributed by atoms with E-state index in [0.29, 0.717) is 6.42 Å². The molecule has 1 amide bonds. The van der Waals surface area contributed by atoms with Gasteiger partial charge in [-0.3, -0.25) is 4.79 Å². The van der Waals surface area contributed by atoms with Gasteiger partial charge in [0.15, 0.2) is 6.29 Å². The van der Waals surface area contributed by atoms with Gasteiger partial charge in [0.2, 0.25) is 5.91 Å². The molecule has 0 radical (unpaired) electrons. The SMILES string of the molecule is CCCCCCCCCC/C=C/C(O)C(COC1OC(CO)C(O)C(O)C1O)NC(=O)CCCCCCCCCCCCCCCCCCCCCCCC. The van der Waals surface area contributed by atoms with Crippen molar-refractivity contribution in [2.45, 2.75) is 262 Å². The number of nitrogens with one attached hydrogen (secondary N) is 1. The Morgan fingerprint density at radius 2 is 1.00 bits per heavy atom. The van der Waals surface area contributed by atoms with Crippen LogP contribution in [-0.2, 0) is 14.3 Å². The number of unbranched alkanes of at least 4 members (excludes halogenated alkanes) is 29. The Morgan fingerprint density at radius 3 is 1.42 bits per heavy atom. The summed E-state index contributed by atoms with van der Waals surface area (Å²) in [6.45, 7) is 3.76. The quantitative estimate of drug-likeness (QED) is 0.0267. The normalized spacial score (nSPS) is 21.3. The molecule has 6 N–H and O–H groups in total. The van der Waals surface area contributed by atoms with E-state index in [2.05, 4.69) is 19.2 Å². The van der Waals surface area contributed by atoms with Crippen LogP contribution in [0.1, 0.15) is 219 Å². The van der Waals surface area contributed by atoms with Crippen molar-refractivity contribution >= 4 is 5.91 Å². The number of aliphatic hydroxyl groups is 5. The van der Waals surface area contributed by atoms with E-state index in [1.807, 2.05) is 6.08 Å². The van der Waals surface area contributed by atoms with Crippen molar-refractivity contribution in [1.29, 1.82) is 0 Å². The molecule has 1 heterocycles. The molecule has 1 saturated heterocycles. The van der Waals surface area contributed by atoms with Crippen LogP contribution < -0.4 is 5.32 Å². The summed E-state index contributed by atoms with van der Waals surface area (Å²) < 4.78 is 11.2. The molecule has 1 fully saturated rings. The van der Waals surface area contributed by atoms with Gasteiger partial charge in [0.25, 0.3) is 0 Å². The van der Waals surface area contributed by atoms with Crippen LogP contribution in [0.5, 0.6) is 0 Å². The first-order chi connectivity index (χ1) is 26.8. The summed E-state index contributed by atoms with van der Waals surface area (Å²) in [6, 6.07) is -0.797. The average Bonchev–Trinajstić information content (AvgIpc) is 3.18. The summed E-state index contributed by atoms with van der Waals surface area (Å²) in [6.07, 6.45) is 35.5. The van der Waals surface area contributed by atoms with Gasteiger partial charge in [0, 0.05) is 6.42 Å². The molecule has 0 aromatic rings. The van der Waals surface area contributed by atoms with Gasteiger partial charge in [-0.25, -0.2) is 0 Å². The van der Waals surface area contributed by atoms with Gasteiger partial charge >= 0.3 is 0 Å². The summed E-state index contributed by atoms with van der Waals surface area (Å²) in [5.74, 6) is -0.175. The highest BCUT2D eigenvalue weighted by Crippen LogP contribution is 2.23. The zero-order chi connectivity index (χ0) is 40.2. The number of amides is 1. The second-order valence-electron chi connectivity index (χ2n) is 16.6. The first-order valence-electron chi connectivity index (χ1n) is 23.4. The summed E-state index contributed by atoms with van der Waals surface area (Å²) in [4.78, 5) is 12.9. The summed E-state index contributed by atoms with van der Waals surface area (Å²) >= 11 is 0. The minimum Gasteiger partial charge on any atom is -0.394 e. The molecule has 1 aliphatic heterocycles. The maximum Gasteiger partial charge on any atom is 0.220 e. The first kappa shape index (κ1) is 51.9. The number of carbonyl (C=O) groups is 1. The Balaban J connectivity index is 2.24. The van der Waals surface area contributed by atoms with Gasteiger partial charge in [0.05, 0.1) is 25.4 Å². The average molecular weight is 784 g/mol. The molecule has 1 rings (SSSR count). The van der Waals surface area contributed by atoms with Gasteiger partial charge in [-0.1, -0.05) is 206 Å². The van der Waals surface area contributed by atoms with Crippen LogP contribution in [0.25, 0.3) is 0 Å². The minimum atomic E-state index is -1.56. The maximum absolute atomic E-state index is 12.9. The molecule has 0 saturated carbocycles. The van der Waals surface area contributed by atoms with Crippen LogP contribution in [-0.4, -0.2) is 87.5 Å². The standard InChI is InChI=1S/C46H89NO8/c1-3-5-7-9-11-13-15-16-17-18-19-20-21-22-23-24-25-26-28-30-32-34-36-42(50)47-39(38-54-46-45(53)44(52)43(51)41(37-48)55-46)40(49)35-33-31-29-27-14-12-10-8-6-4-2/h33,35,39-41,43-46,48-49,51-53H,3-32,34,36-38H2,1-2H3,(H,47,50)/b35-33+. The highest BCUT2D eigenvalue weighted by atomic mass is 16.7. The second kappa shape index (κ2) is 37.2. The fourth-order valence-electron chi connectivity index (χ4n) is 7.57. The number of aliphatic hydroxyl groups excluding tert-OH is 5. The van der Waals surface area contributed by atoms with Gasteiger partial charge < -0.3 is 40.3 Å². The Morgan fingerprint density at radius 1 is 0.600 bits per heavy atom. The Hall–Kier alpha value is -1.07. The molecule has 7 atom stereocenters. The number of rotatable bonds is 39. The van der Waals surface area contributed by atoms with Crippen LogP contribution in [0.4, 0.5) is 0 Å². The lowest BCUT2D eigenvalue weighted by atomic mass is 9.99. The van der Waals surface area contributed by atoms with E-state index in [1.54, 1.807) is 6.08 Å². The van der Waals surface area contributed by atoms with Crippen molar-refractivity contribution in [2.75, 3.05) is 13.2 Å². The molecule has 1 aliphatic rings. The monoisotopic (exact) mass is 784 g/mol. The van der Waals surface area contributed by atoms with E-state index in [9.17, 15) is 30.3 Å². The fraction of sp³-hybridized carbons (Fsp3) is 0.935. The lowest BCUT2D eigenvalue weighted by Gasteiger charge is -2.40. The highest BCUT2D eigenvalue weighted by Gasteiger charge is 2.44. The molecule has 0 aliphatic carbocycles. The number of hydrogen-bond donors (Lipinski definition) is 6. The van der Waals surface area contributed by atoms with Crippen molar-refractivity contribution in [2.24, 2.45) is 0 Å². The Bertz CT molecular complexity index is 873. The molecule has 7 unspecified atom stereocenters. The van der Waals surface area contributed by atoms with Gasteiger partial charge in [-0.05, 0) is 19.3 Å². The lowest BCUT2D eigenvalue weighted by Crippen LogP contribution is -2.60. The molecule has 55 heavy (non-hydrogen) atoms. The summed E-state index contributed by atoms with van der Waals surface area (Å²) in [5, 5.41) is 54.1. The van der Waals surface area contributed by atoms with E-state index in [4.69, 9.17) is 9.47 Å². The topological polar surface area (TPSA) is 149 Å². The van der Waals surface area contributed by atoms with Crippen LogP contribution in [0.3, 0.4) is 0 Å². The van der Waals surface area contributed by atoms with Gasteiger partial charge in [-0.2, -0.15) is 0 Å². The molecule has 0 bridgehead atoms. The Kier molecular flexibility index (Phi) is 35.2. The van der Waals surface area contributed by atoms with Crippen molar-refractivity contribution in [1.82, 2.24) is 5.32 Å². The molecular formula is C46H89NO8. The first-order valence-corrected chi connectivity index (χ1v) is 23.4. The van der Waals surface area contributed by atoms with Crippen molar-refractivity contribution in [3.8, 4) is 0 Å². The molecule has 9 heteroatoms. The van der Waals surface area contributed by atoms with E-state index < -0.39 is 49.5 Å². The predicted octanol–water partition coefficient (Wildman–Crippen LogP) is 9.73. The van der Waals surface area contributed by atoms with Gasteiger partial charge in [0.1, 0.15) is 24.4 Å². The third-order valence-corrected chi connectivity index (χ3v) is 11.4. The fourth-order valence-corrected chi connectivity index (χ4v) is 7.57. The number of allylic oxidation sites excluding steroid dienone is 1. The maximum atomic E-state index is 12.9. The van der Waals surface area contributed by atoms with Crippen molar-refractivity contribution in [3.05, 3.63) is 12.2 Å². The smallest absolute Gasteiger partial charge is 0.220 e. The third-order valence-electron chi connectivity index (χ3n) is 11.4. The number of hydrogen-bond acceptors (Lipinski definition) is 8. The highest BCUT2D eigenvalue weighted by molar-refractivity contribution is 5.76. The lowest BCUT2D eigenvalue weighted by molar-refractivity contribution is -0.302. The van der Waals surface area contributed by atoms with Crippen LogP contribution in [0, 0.1) is 0 Å². The molecule has 9 nitrogen and oxygen atoms in total. The van der Waals surface area contributed by atoms with E-state index in [1.165, 1.54) is 161 Å².